The number of rotatable bonds is 5. The Kier molecular flexibility index (Phi) is 4.51. The monoisotopic (exact) mass is 273 g/mol. The zero-order valence-corrected chi connectivity index (χ0v) is 9.87. The number of halogens is 1. The minimum atomic E-state index is -0.559. The highest BCUT2D eigenvalue weighted by Crippen LogP contribution is 2.16. The van der Waals surface area contributed by atoms with Gasteiger partial charge < -0.3 is 15.8 Å². The van der Waals surface area contributed by atoms with Gasteiger partial charge in [-0.15, -0.1) is 0 Å². The van der Waals surface area contributed by atoms with Crippen molar-refractivity contribution in [2.75, 3.05) is 25.6 Å². The molecule has 0 aliphatic heterocycles. The normalized spacial score (nSPS) is 10.0. The van der Waals surface area contributed by atoms with Gasteiger partial charge in [-0.25, -0.2) is 4.98 Å². The third kappa shape index (κ3) is 3.49. The molecule has 0 fully saturated rings. The second-order valence-electron chi connectivity index (χ2n) is 2.81. The van der Waals surface area contributed by atoms with Gasteiger partial charge in [0.25, 0.3) is 5.91 Å². The van der Waals surface area contributed by atoms with Crippen LogP contribution < -0.4 is 11.1 Å². The first-order chi connectivity index (χ1) is 7.15. The summed E-state index contributed by atoms with van der Waals surface area (Å²) in [5.74, 6) is -0.559. The largest absolute Gasteiger partial charge is 0.383 e. The average molecular weight is 274 g/mol. The van der Waals surface area contributed by atoms with Gasteiger partial charge in [0.15, 0.2) is 5.69 Å². The molecule has 0 unspecified atom stereocenters. The summed E-state index contributed by atoms with van der Waals surface area (Å²) in [5.41, 5.74) is 6.03. The number of hydrogen-bond donors (Lipinski definition) is 2. The third-order valence-electron chi connectivity index (χ3n) is 1.72. The molecule has 0 saturated carbocycles. The van der Waals surface area contributed by atoms with Crippen molar-refractivity contribution >= 4 is 27.5 Å². The number of primary amides is 1. The van der Waals surface area contributed by atoms with E-state index in [0.29, 0.717) is 23.4 Å². The fourth-order valence-electron chi connectivity index (χ4n) is 1.05. The van der Waals surface area contributed by atoms with E-state index in [9.17, 15) is 4.79 Å². The predicted octanol–water partition coefficient (Wildman–Crippen LogP) is 1.00. The number of carbonyl (C=O) groups excluding carboxylic acids is 1. The molecule has 0 aliphatic carbocycles. The molecule has 1 rings (SSSR count). The van der Waals surface area contributed by atoms with Gasteiger partial charge >= 0.3 is 0 Å². The number of hydrogen-bond acceptors (Lipinski definition) is 4. The zero-order chi connectivity index (χ0) is 11.3. The minimum Gasteiger partial charge on any atom is -0.383 e. The average Bonchev–Trinajstić information content (AvgIpc) is 2.20. The molecule has 82 valence electrons. The lowest BCUT2D eigenvalue weighted by Gasteiger charge is -2.08. The van der Waals surface area contributed by atoms with Gasteiger partial charge in [0.2, 0.25) is 0 Å². The van der Waals surface area contributed by atoms with Crippen molar-refractivity contribution in [1.29, 1.82) is 0 Å². The molecule has 6 heteroatoms. The third-order valence-corrected chi connectivity index (χ3v) is 2.16. The first kappa shape index (κ1) is 11.9. The highest BCUT2D eigenvalue weighted by atomic mass is 79.9. The van der Waals surface area contributed by atoms with Gasteiger partial charge in [-0.1, -0.05) is 0 Å². The maximum Gasteiger partial charge on any atom is 0.269 e. The zero-order valence-electron chi connectivity index (χ0n) is 8.29. The van der Waals surface area contributed by atoms with Crippen molar-refractivity contribution < 1.29 is 9.53 Å². The molecule has 0 aliphatic rings. The van der Waals surface area contributed by atoms with Crippen LogP contribution in [0.15, 0.2) is 16.7 Å². The Morgan fingerprint density at radius 3 is 3.00 bits per heavy atom. The molecule has 0 saturated heterocycles. The van der Waals surface area contributed by atoms with E-state index in [1.807, 2.05) is 0 Å². The number of nitrogens with two attached hydrogens (primary N) is 1. The number of ether oxygens (including phenoxy) is 1. The molecular formula is C9H12BrN3O2. The predicted molar refractivity (Wildman–Crippen MR) is 60.8 cm³/mol. The van der Waals surface area contributed by atoms with E-state index in [-0.39, 0.29) is 5.69 Å². The van der Waals surface area contributed by atoms with Crippen molar-refractivity contribution in [3.63, 3.8) is 0 Å². The number of amides is 1. The highest BCUT2D eigenvalue weighted by Gasteiger charge is 2.09. The van der Waals surface area contributed by atoms with Crippen LogP contribution in [0.5, 0.6) is 0 Å². The van der Waals surface area contributed by atoms with Gasteiger partial charge in [0, 0.05) is 13.7 Å². The molecule has 0 aromatic carbocycles. The molecular weight excluding hydrogens is 262 g/mol. The van der Waals surface area contributed by atoms with Crippen LogP contribution in [0.1, 0.15) is 10.5 Å². The van der Waals surface area contributed by atoms with Crippen molar-refractivity contribution in [2.24, 2.45) is 5.73 Å². The lowest BCUT2D eigenvalue weighted by atomic mass is 10.3. The van der Waals surface area contributed by atoms with E-state index >= 15 is 0 Å². The molecule has 15 heavy (non-hydrogen) atoms. The summed E-state index contributed by atoms with van der Waals surface area (Å²) in [7, 11) is 1.61. The summed E-state index contributed by atoms with van der Waals surface area (Å²) in [6, 6.07) is 3.48. The van der Waals surface area contributed by atoms with E-state index < -0.39 is 5.91 Å². The number of nitrogens with zero attached hydrogens (tertiary/aromatic N) is 1. The van der Waals surface area contributed by atoms with Crippen LogP contribution in [0.25, 0.3) is 0 Å². The van der Waals surface area contributed by atoms with E-state index in [0.717, 1.165) is 0 Å². The maximum atomic E-state index is 11.1. The molecule has 1 aromatic heterocycles. The lowest BCUT2D eigenvalue weighted by Crippen LogP contribution is -2.18. The second kappa shape index (κ2) is 5.67. The Balaban J connectivity index is 2.81. The van der Waals surface area contributed by atoms with Crippen LogP contribution in [0.2, 0.25) is 0 Å². The summed E-state index contributed by atoms with van der Waals surface area (Å²) in [4.78, 5) is 15.1. The van der Waals surface area contributed by atoms with Gasteiger partial charge in [-0.3, -0.25) is 4.79 Å². The van der Waals surface area contributed by atoms with Gasteiger partial charge in [0.1, 0.15) is 4.60 Å². The summed E-state index contributed by atoms with van der Waals surface area (Å²) >= 11 is 3.18. The first-order valence-electron chi connectivity index (χ1n) is 4.34. The summed E-state index contributed by atoms with van der Waals surface area (Å²) < 4.78 is 5.46. The molecule has 0 spiro atoms. The smallest absolute Gasteiger partial charge is 0.269 e. The van der Waals surface area contributed by atoms with Crippen molar-refractivity contribution in [2.45, 2.75) is 0 Å². The van der Waals surface area contributed by atoms with E-state index in [1.165, 1.54) is 0 Å². The van der Waals surface area contributed by atoms with Gasteiger partial charge in [-0.2, -0.15) is 0 Å². The minimum absolute atomic E-state index is 0.223. The highest BCUT2D eigenvalue weighted by molar-refractivity contribution is 9.10. The van der Waals surface area contributed by atoms with Crippen LogP contribution in [-0.4, -0.2) is 31.2 Å². The molecule has 1 heterocycles. The van der Waals surface area contributed by atoms with Crippen molar-refractivity contribution in [3.05, 3.63) is 22.4 Å². The standard InChI is InChI=1S/C9H12BrN3O2/c1-15-5-4-12-6-2-3-7(10)13-8(6)9(11)14/h2-3,12H,4-5H2,1H3,(H2,11,14). The summed E-state index contributed by atoms with van der Waals surface area (Å²) in [6.45, 7) is 1.15. The van der Waals surface area contributed by atoms with E-state index in [4.69, 9.17) is 10.5 Å². The van der Waals surface area contributed by atoms with Crippen LogP contribution in [0.3, 0.4) is 0 Å². The Morgan fingerprint density at radius 1 is 1.67 bits per heavy atom. The number of methoxy groups -OCH3 is 1. The maximum absolute atomic E-state index is 11.1. The van der Waals surface area contributed by atoms with Crippen molar-refractivity contribution in [3.8, 4) is 0 Å². The molecule has 1 aromatic rings. The molecule has 0 atom stereocenters. The second-order valence-corrected chi connectivity index (χ2v) is 3.63. The number of carbonyl (C=O) groups is 1. The SMILES string of the molecule is COCCNc1ccc(Br)nc1C(N)=O. The molecule has 3 N–H and O–H groups in total. The van der Waals surface area contributed by atoms with E-state index in [2.05, 4.69) is 26.2 Å². The molecule has 5 nitrogen and oxygen atoms in total. The first-order valence-corrected chi connectivity index (χ1v) is 5.13. The van der Waals surface area contributed by atoms with Crippen molar-refractivity contribution in [1.82, 2.24) is 4.98 Å². The van der Waals surface area contributed by atoms with Crippen LogP contribution >= 0.6 is 15.9 Å². The Labute approximate surface area is 96.1 Å². The number of anilines is 1. The van der Waals surface area contributed by atoms with Crippen LogP contribution in [0, 0.1) is 0 Å². The van der Waals surface area contributed by atoms with E-state index in [1.54, 1.807) is 19.2 Å². The molecule has 0 bridgehead atoms. The van der Waals surface area contributed by atoms with Gasteiger partial charge in [-0.05, 0) is 28.1 Å². The Hall–Kier alpha value is -1.14. The number of nitrogens with one attached hydrogen (secondary N) is 1. The Morgan fingerprint density at radius 2 is 2.40 bits per heavy atom. The fraction of sp³-hybridized carbons (Fsp3) is 0.333. The lowest BCUT2D eigenvalue weighted by molar-refractivity contribution is 0.0996. The molecule has 1 amide bonds. The van der Waals surface area contributed by atoms with Crippen LogP contribution in [-0.2, 0) is 4.74 Å². The molecule has 0 radical (unpaired) electrons. The number of pyridine rings is 1. The Bertz CT molecular complexity index is 357. The summed E-state index contributed by atoms with van der Waals surface area (Å²) in [5, 5.41) is 3.01. The topological polar surface area (TPSA) is 77.2 Å². The summed E-state index contributed by atoms with van der Waals surface area (Å²) in [6.07, 6.45) is 0. The number of aromatic nitrogens is 1. The quantitative estimate of drug-likeness (QED) is 0.620. The van der Waals surface area contributed by atoms with Gasteiger partial charge in [0.05, 0.1) is 12.3 Å². The van der Waals surface area contributed by atoms with Crippen LogP contribution in [0.4, 0.5) is 5.69 Å². The fourth-order valence-corrected chi connectivity index (χ4v) is 1.36.